The number of aromatic amines is 1. The van der Waals surface area contributed by atoms with Crippen molar-refractivity contribution in [3.63, 3.8) is 0 Å². The molecule has 0 spiro atoms. The highest BCUT2D eigenvalue weighted by atomic mass is 16.1. The van der Waals surface area contributed by atoms with Gasteiger partial charge in [-0.1, -0.05) is 78.4 Å². The Labute approximate surface area is 206 Å². The quantitative estimate of drug-likeness (QED) is 0.257. The van der Waals surface area contributed by atoms with Crippen molar-refractivity contribution in [3.05, 3.63) is 125 Å². The summed E-state index contributed by atoms with van der Waals surface area (Å²) in [6.45, 7) is 4.89. The van der Waals surface area contributed by atoms with E-state index in [1.807, 2.05) is 54.9 Å². The molecule has 4 heteroatoms. The number of hydrogen-bond donors (Lipinski definition) is 2. The summed E-state index contributed by atoms with van der Waals surface area (Å²) >= 11 is 0. The van der Waals surface area contributed by atoms with E-state index in [4.69, 9.17) is 0 Å². The molecule has 2 N–H and O–H groups in total. The second-order valence-electron chi connectivity index (χ2n) is 9.00. The average molecular weight is 460 g/mol. The van der Waals surface area contributed by atoms with Crippen molar-refractivity contribution in [3.8, 4) is 11.1 Å². The summed E-state index contributed by atoms with van der Waals surface area (Å²) in [4.78, 5) is 21.5. The highest BCUT2D eigenvalue weighted by molar-refractivity contribution is 6.11. The number of nitrogens with zero attached hydrogens (tertiary/aromatic N) is 1. The van der Waals surface area contributed by atoms with Gasteiger partial charge in [-0.3, -0.25) is 9.78 Å². The summed E-state index contributed by atoms with van der Waals surface area (Å²) in [6, 6.07) is 26.2. The minimum Gasteiger partial charge on any atom is -0.360 e. The van der Waals surface area contributed by atoms with E-state index in [9.17, 15) is 4.79 Å². The van der Waals surface area contributed by atoms with Gasteiger partial charge in [-0.05, 0) is 48.6 Å². The van der Waals surface area contributed by atoms with Gasteiger partial charge in [0.25, 0.3) is 0 Å². The zero-order valence-corrected chi connectivity index (χ0v) is 20.1. The van der Waals surface area contributed by atoms with Gasteiger partial charge in [0.2, 0.25) is 0 Å². The standard InChI is InChI=1S/C31H29N3O/c1-21-10-12-23(13-11-21)16-18-33-30(24-7-4-3-5-8-24)31(35)28-20-34-29-22(2)26(14-15-27(28)29)25-9-6-17-32-19-25/h3-15,17,19-20,30,33-34H,16,18H2,1-2H3/t30-/m0/s1. The van der Waals surface area contributed by atoms with Gasteiger partial charge in [-0.25, -0.2) is 0 Å². The van der Waals surface area contributed by atoms with Crippen LogP contribution < -0.4 is 5.32 Å². The van der Waals surface area contributed by atoms with Gasteiger partial charge in [0.15, 0.2) is 5.78 Å². The zero-order valence-electron chi connectivity index (χ0n) is 20.1. The van der Waals surface area contributed by atoms with Crippen molar-refractivity contribution in [2.45, 2.75) is 26.3 Å². The molecule has 3 aromatic carbocycles. The summed E-state index contributed by atoms with van der Waals surface area (Å²) in [5, 5.41) is 4.48. The Balaban J connectivity index is 1.44. The number of carbonyl (C=O) groups is 1. The Morgan fingerprint density at radius 2 is 1.74 bits per heavy atom. The third-order valence-corrected chi connectivity index (χ3v) is 6.63. The molecule has 5 aromatic rings. The maximum absolute atomic E-state index is 13.9. The van der Waals surface area contributed by atoms with E-state index in [1.54, 1.807) is 6.20 Å². The number of nitrogens with one attached hydrogen (secondary N) is 2. The Kier molecular flexibility index (Phi) is 6.55. The lowest BCUT2D eigenvalue weighted by molar-refractivity contribution is 0.0945. The number of H-pyrrole nitrogens is 1. The van der Waals surface area contributed by atoms with Gasteiger partial charge in [0.1, 0.15) is 0 Å². The van der Waals surface area contributed by atoms with Crippen LogP contribution in [0, 0.1) is 13.8 Å². The SMILES string of the molecule is Cc1ccc(CCN[C@H](C(=O)c2c[nH]c3c(C)c(-c4cccnc4)ccc23)c2ccccc2)cc1. The minimum absolute atomic E-state index is 0.0693. The second-order valence-corrected chi connectivity index (χ2v) is 9.00. The largest absolute Gasteiger partial charge is 0.360 e. The molecule has 0 saturated heterocycles. The number of benzene rings is 3. The summed E-state index contributed by atoms with van der Waals surface area (Å²) in [6.07, 6.45) is 6.36. The number of carbonyl (C=O) groups excluding carboxylic acids is 1. The minimum atomic E-state index is -0.418. The van der Waals surface area contributed by atoms with Crippen molar-refractivity contribution < 1.29 is 4.79 Å². The highest BCUT2D eigenvalue weighted by Gasteiger charge is 2.24. The van der Waals surface area contributed by atoms with Crippen LogP contribution in [0.4, 0.5) is 0 Å². The molecule has 4 nitrogen and oxygen atoms in total. The molecular formula is C31H29N3O. The monoisotopic (exact) mass is 459 g/mol. The molecule has 0 fully saturated rings. The first kappa shape index (κ1) is 22.8. The molecule has 0 aliphatic heterocycles. The lowest BCUT2D eigenvalue weighted by atomic mass is 9.94. The summed E-state index contributed by atoms with van der Waals surface area (Å²) in [5.74, 6) is 0.0693. The van der Waals surface area contributed by atoms with Crippen LogP contribution >= 0.6 is 0 Å². The average Bonchev–Trinajstić information content (AvgIpc) is 3.34. The van der Waals surface area contributed by atoms with Crippen molar-refractivity contribution in [2.24, 2.45) is 0 Å². The number of hydrogen-bond acceptors (Lipinski definition) is 3. The van der Waals surface area contributed by atoms with Crippen molar-refractivity contribution >= 4 is 16.7 Å². The van der Waals surface area contributed by atoms with Crippen LogP contribution in [0.1, 0.15) is 38.7 Å². The van der Waals surface area contributed by atoms with Gasteiger partial charge in [0, 0.05) is 47.2 Å². The maximum Gasteiger partial charge on any atom is 0.186 e. The van der Waals surface area contributed by atoms with Crippen LogP contribution in [0.2, 0.25) is 0 Å². The normalized spacial score (nSPS) is 12.1. The van der Waals surface area contributed by atoms with Gasteiger partial charge >= 0.3 is 0 Å². The predicted octanol–water partition coefficient (Wildman–Crippen LogP) is 6.60. The molecule has 0 aliphatic rings. The van der Waals surface area contributed by atoms with E-state index >= 15 is 0 Å². The number of pyridine rings is 1. The Morgan fingerprint density at radius 1 is 0.943 bits per heavy atom. The summed E-state index contributed by atoms with van der Waals surface area (Å²) in [5.41, 5.74) is 8.46. The molecule has 2 heterocycles. The Hall–Kier alpha value is -4.02. The number of aryl methyl sites for hydroxylation is 2. The molecule has 2 aromatic heterocycles. The van der Waals surface area contributed by atoms with E-state index in [0.717, 1.165) is 39.6 Å². The fraction of sp³-hybridized carbons (Fsp3) is 0.161. The number of Topliss-reactive ketones (excluding diaryl/α,β-unsaturated/α-hetero) is 1. The first-order chi connectivity index (χ1) is 17.1. The first-order valence-corrected chi connectivity index (χ1v) is 12.0. The number of fused-ring (bicyclic) bond motifs is 1. The Bertz CT molecular complexity index is 1440. The van der Waals surface area contributed by atoms with Crippen LogP contribution in [0.3, 0.4) is 0 Å². The topological polar surface area (TPSA) is 57.8 Å². The van der Waals surface area contributed by atoms with Crippen LogP contribution in [-0.2, 0) is 6.42 Å². The van der Waals surface area contributed by atoms with E-state index in [1.165, 1.54) is 11.1 Å². The molecule has 0 unspecified atom stereocenters. The number of ketones is 1. The first-order valence-electron chi connectivity index (χ1n) is 12.0. The molecule has 0 radical (unpaired) electrons. The molecular weight excluding hydrogens is 430 g/mol. The smallest absolute Gasteiger partial charge is 0.186 e. The van der Waals surface area contributed by atoms with Crippen LogP contribution in [-0.4, -0.2) is 22.3 Å². The molecule has 0 saturated carbocycles. The molecule has 0 aliphatic carbocycles. The molecule has 35 heavy (non-hydrogen) atoms. The lowest BCUT2D eigenvalue weighted by Crippen LogP contribution is -2.30. The van der Waals surface area contributed by atoms with E-state index < -0.39 is 6.04 Å². The molecule has 5 rings (SSSR count). The van der Waals surface area contributed by atoms with Crippen molar-refractivity contribution in [1.82, 2.24) is 15.3 Å². The fourth-order valence-electron chi connectivity index (χ4n) is 4.66. The highest BCUT2D eigenvalue weighted by Crippen LogP contribution is 2.32. The molecule has 174 valence electrons. The third-order valence-electron chi connectivity index (χ3n) is 6.63. The maximum atomic E-state index is 13.9. The van der Waals surface area contributed by atoms with Gasteiger partial charge in [0.05, 0.1) is 6.04 Å². The van der Waals surface area contributed by atoms with Crippen LogP contribution in [0.15, 0.2) is 97.5 Å². The van der Waals surface area contributed by atoms with Gasteiger partial charge in [-0.15, -0.1) is 0 Å². The summed E-state index contributed by atoms with van der Waals surface area (Å²) in [7, 11) is 0. The lowest BCUT2D eigenvalue weighted by Gasteiger charge is -2.18. The number of rotatable bonds is 8. The van der Waals surface area contributed by atoms with Crippen molar-refractivity contribution in [2.75, 3.05) is 6.54 Å². The molecule has 0 bridgehead atoms. The fourth-order valence-corrected chi connectivity index (χ4v) is 4.66. The number of aromatic nitrogens is 2. The molecule has 0 amide bonds. The van der Waals surface area contributed by atoms with Crippen molar-refractivity contribution in [1.29, 1.82) is 0 Å². The predicted molar refractivity (Wildman–Crippen MR) is 143 cm³/mol. The molecule has 1 atom stereocenters. The van der Waals surface area contributed by atoms with E-state index in [0.29, 0.717) is 12.1 Å². The Morgan fingerprint density at radius 3 is 2.49 bits per heavy atom. The third kappa shape index (κ3) is 4.79. The van der Waals surface area contributed by atoms with Gasteiger partial charge < -0.3 is 10.3 Å². The second kappa shape index (κ2) is 10.1. The van der Waals surface area contributed by atoms with Crippen LogP contribution in [0.5, 0.6) is 0 Å². The zero-order chi connectivity index (χ0) is 24.2. The van der Waals surface area contributed by atoms with E-state index in [-0.39, 0.29) is 5.78 Å². The van der Waals surface area contributed by atoms with Gasteiger partial charge in [-0.2, -0.15) is 0 Å². The van der Waals surface area contributed by atoms with Crippen LogP contribution in [0.25, 0.3) is 22.0 Å². The summed E-state index contributed by atoms with van der Waals surface area (Å²) < 4.78 is 0. The van der Waals surface area contributed by atoms with E-state index in [2.05, 4.69) is 65.5 Å².